The molecule has 24 heavy (non-hydrogen) atoms. The van der Waals surface area contributed by atoms with Gasteiger partial charge in [0.1, 0.15) is 5.60 Å². The summed E-state index contributed by atoms with van der Waals surface area (Å²) < 4.78 is 12.9. The van der Waals surface area contributed by atoms with Crippen LogP contribution in [0.1, 0.15) is 49.1 Å². The quantitative estimate of drug-likeness (QED) is 0.780. The van der Waals surface area contributed by atoms with Crippen LogP contribution in [0.3, 0.4) is 0 Å². The molecular weight excluding hydrogens is 296 g/mol. The molecule has 1 heterocycles. The average molecular weight is 322 g/mol. The highest BCUT2D eigenvalue weighted by atomic mass is 16.6. The number of benzene rings is 2. The average Bonchev–Trinajstić information content (AvgIpc) is 3.07. The lowest BCUT2D eigenvalue weighted by atomic mass is 9.71. The third kappa shape index (κ3) is 3.01. The Morgan fingerprint density at radius 2 is 1.67 bits per heavy atom. The Labute approximate surface area is 144 Å². The maximum absolute atomic E-state index is 6.43. The molecule has 1 saturated carbocycles. The van der Waals surface area contributed by atoms with Crippen LogP contribution in [0.25, 0.3) is 0 Å². The molecule has 2 aromatic carbocycles. The van der Waals surface area contributed by atoms with Crippen molar-refractivity contribution >= 4 is 0 Å². The molecule has 4 rings (SSSR count). The van der Waals surface area contributed by atoms with Gasteiger partial charge in [0.2, 0.25) is 0 Å². The summed E-state index contributed by atoms with van der Waals surface area (Å²) in [5, 5.41) is 0. The fraction of sp³-hybridized carbons (Fsp3) is 0.455. The zero-order valence-corrected chi connectivity index (χ0v) is 14.2. The van der Waals surface area contributed by atoms with Crippen LogP contribution in [0.15, 0.2) is 60.7 Å². The van der Waals surface area contributed by atoms with Crippen molar-refractivity contribution < 1.29 is 9.47 Å². The monoisotopic (exact) mass is 322 g/mol. The first-order chi connectivity index (χ1) is 11.9. The zero-order chi connectivity index (χ0) is 16.2. The van der Waals surface area contributed by atoms with Crippen LogP contribution >= 0.6 is 0 Å². The smallest absolute Gasteiger partial charge is 0.101 e. The summed E-state index contributed by atoms with van der Waals surface area (Å²) in [4.78, 5) is 0. The van der Waals surface area contributed by atoms with E-state index in [4.69, 9.17) is 9.47 Å². The molecule has 1 aliphatic carbocycles. The first-order valence-electron chi connectivity index (χ1n) is 9.23. The van der Waals surface area contributed by atoms with Gasteiger partial charge in [-0.25, -0.2) is 0 Å². The largest absolute Gasteiger partial charge is 0.372 e. The fourth-order valence-electron chi connectivity index (χ4n) is 4.54. The highest BCUT2D eigenvalue weighted by molar-refractivity contribution is 5.26. The van der Waals surface area contributed by atoms with Gasteiger partial charge in [-0.2, -0.15) is 0 Å². The maximum Gasteiger partial charge on any atom is 0.101 e. The van der Waals surface area contributed by atoms with Crippen LogP contribution in [-0.2, 0) is 16.1 Å². The Morgan fingerprint density at radius 1 is 0.917 bits per heavy atom. The van der Waals surface area contributed by atoms with Crippen molar-refractivity contribution in [3.05, 3.63) is 71.8 Å². The first kappa shape index (κ1) is 15.9. The minimum atomic E-state index is -0.131. The van der Waals surface area contributed by atoms with E-state index in [-0.39, 0.29) is 11.7 Å². The maximum atomic E-state index is 6.43. The van der Waals surface area contributed by atoms with Gasteiger partial charge in [0.25, 0.3) is 0 Å². The molecule has 2 aromatic rings. The number of ether oxygens (including phenoxy) is 2. The first-order valence-corrected chi connectivity index (χ1v) is 9.23. The Balaban J connectivity index is 1.56. The molecule has 1 aliphatic heterocycles. The Bertz CT molecular complexity index is 640. The van der Waals surface area contributed by atoms with E-state index >= 15 is 0 Å². The van der Waals surface area contributed by atoms with Crippen molar-refractivity contribution in [3.63, 3.8) is 0 Å². The van der Waals surface area contributed by atoms with Gasteiger partial charge in [-0.05, 0) is 30.4 Å². The highest BCUT2D eigenvalue weighted by Crippen LogP contribution is 2.49. The second kappa shape index (κ2) is 7.08. The topological polar surface area (TPSA) is 18.5 Å². The van der Waals surface area contributed by atoms with Gasteiger partial charge in [0.05, 0.1) is 12.7 Å². The summed E-state index contributed by atoms with van der Waals surface area (Å²) in [5.41, 5.74) is 2.52. The summed E-state index contributed by atoms with van der Waals surface area (Å²) in [6.45, 7) is 1.53. The molecule has 0 N–H and O–H groups in total. The van der Waals surface area contributed by atoms with Crippen LogP contribution < -0.4 is 0 Å². The normalized spacial score (nSPS) is 29.8. The number of rotatable bonds is 4. The lowest BCUT2D eigenvalue weighted by Crippen LogP contribution is -2.49. The van der Waals surface area contributed by atoms with Crippen molar-refractivity contribution in [2.45, 2.75) is 56.3 Å². The van der Waals surface area contributed by atoms with Gasteiger partial charge >= 0.3 is 0 Å². The molecule has 0 unspecified atom stereocenters. The Hall–Kier alpha value is -1.64. The van der Waals surface area contributed by atoms with Crippen molar-refractivity contribution in [2.24, 2.45) is 0 Å². The predicted octanol–water partition coefficient (Wildman–Crippen LogP) is 5.09. The molecule has 0 aromatic heterocycles. The molecule has 0 radical (unpaired) electrons. The molecular formula is C22H26O2. The lowest BCUT2D eigenvalue weighted by Gasteiger charge is -2.44. The van der Waals surface area contributed by atoms with Crippen molar-refractivity contribution in [2.75, 3.05) is 6.61 Å². The molecule has 0 bridgehead atoms. The van der Waals surface area contributed by atoms with Gasteiger partial charge in [0, 0.05) is 12.5 Å². The summed E-state index contributed by atoms with van der Waals surface area (Å²) in [5.74, 6) is 0.458. The van der Waals surface area contributed by atoms with Gasteiger partial charge in [-0.1, -0.05) is 73.5 Å². The SMILES string of the molecule is c1ccc(CO[C@H]2CCCC[C@@]23OCC[C@@H]3c2ccccc2)cc1. The molecule has 0 amide bonds. The molecule has 3 atom stereocenters. The second-order valence-corrected chi connectivity index (χ2v) is 7.09. The van der Waals surface area contributed by atoms with Crippen LogP contribution in [0, 0.1) is 0 Å². The van der Waals surface area contributed by atoms with Crippen LogP contribution in [0.4, 0.5) is 0 Å². The molecule has 1 saturated heterocycles. The van der Waals surface area contributed by atoms with Gasteiger partial charge in [0.15, 0.2) is 0 Å². The van der Waals surface area contributed by atoms with Crippen LogP contribution in [0.2, 0.25) is 0 Å². The number of hydrogen-bond acceptors (Lipinski definition) is 2. The summed E-state index contributed by atoms with van der Waals surface area (Å²) >= 11 is 0. The van der Waals surface area contributed by atoms with E-state index < -0.39 is 0 Å². The van der Waals surface area contributed by atoms with Crippen molar-refractivity contribution in [1.29, 1.82) is 0 Å². The standard InChI is InChI=1S/C22H26O2/c1-3-9-18(10-4-1)17-23-21-13-7-8-15-22(21)20(14-16-24-22)19-11-5-2-6-12-19/h1-6,9-12,20-21H,7-8,13-17H2/t20-,21+,22+/m1/s1. The minimum Gasteiger partial charge on any atom is -0.372 e. The molecule has 1 spiro atoms. The fourth-order valence-corrected chi connectivity index (χ4v) is 4.54. The second-order valence-electron chi connectivity index (χ2n) is 7.09. The summed E-state index contributed by atoms with van der Waals surface area (Å²) in [6.07, 6.45) is 6.01. The Kier molecular flexibility index (Phi) is 4.68. The number of hydrogen-bond donors (Lipinski definition) is 0. The highest BCUT2D eigenvalue weighted by Gasteiger charge is 2.52. The van der Waals surface area contributed by atoms with E-state index in [1.807, 2.05) is 0 Å². The van der Waals surface area contributed by atoms with E-state index in [1.54, 1.807) is 0 Å². The van der Waals surface area contributed by atoms with E-state index in [0.717, 1.165) is 25.9 Å². The predicted molar refractivity (Wildman–Crippen MR) is 96.0 cm³/mol. The minimum absolute atomic E-state index is 0.131. The van der Waals surface area contributed by atoms with Crippen LogP contribution in [-0.4, -0.2) is 18.3 Å². The van der Waals surface area contributed by atoms with Crippen LogP contribution in [0.5, 0.6) is 0 Å². The van der Waals surface area contributed by atoms with E-state index in [1.165, 1.54) is 24.0 Å². The molecule has 2 nitrogen and oxygen atoms in total. The third-order valence-corrected chi connectivity index (χ3v) is 5.69. The molecule has 126 valence electrons. The van der Waals surface area contributed by atoms with Gasteiger partial charge in [-0.3, -0.25) is 0 Å². The van der Waals surface area contributed by atoms with Gasteiger partial charge < -0.3 is 9.47 Å². The lowest BCUT2D eigenvalue weighted by molar-refractivity contribution is -0.151. The van der Waals surface area contributed by atoms with E-state index in [9.17, 15) is 0 Å². The van der Waals surface area contributed by atoms with Gasteiger partial charge in [-0.15, -0.1) is 0 Å². The van der Waals surface area contributed by atoms with Crippen molar-refractivity contribution in [3.8, 4) is 0 Å². The van der Waals surface area contributed by atoms with E-state index in [2.05, 4.69) is 60.7 Å². The third-order valence-electron chi connectivity index (χ3n) is 5.69. The zero-order valence-electron chi connectivity index (χ0n) is 14.2. The Morgan fingerprint density at radius 3 is 2.46 bits per heavy atom. The molecule has 2 heteroatoms. The van der Waals surface area contributed by atoms with Crippen molar-refractivity contribution in [1.82, 2.24) is 0 Å². The summed E-state index contributed by atoms with van der Waals surface area (Å²) in [6, 6.07) is 21.4. The molecule has 2 fully saturated rings. The molecule has 2 aliphatic rings. The van der Waals surface area contributed by atoms with E-state index in [0.29, 0.717) is 12.5 Å². The summed E-state index contributed by atoms with van der Waals surface area (Å²) in [7, 11) is 0.